The second-order valence-corrected chi connectivity index (χ2v) is 5.16. The van der Waals surface area contributed by atoms with E-state index in [0.29, 0.717) is 13.0 Å². The molecule has 0 atom stereocenters. The highest BCUT2D eigenvalue weighted by atomic mass is 16.3. The van der Waals surface area contributed by atoms with Crippen molar-refractivity contribution < 1.29 is 5.11 Å². The molecule has 0 unspecified atom stereocenters. The smallest absolute Gasteiger partial charge is 0.268 e. The summed E-state index contributed by atoms with van der Waals surface area (Å²) in [6.45, 7) is 4.83. The van der Waals surface area contributed by atoms with Crippen molar-refractivity contribution in [1.29, 1.82) is 0 Å². The molecule has 1 aromatic rings. The average molecular weight is 237 g/mol. The van der Waals surface area contributed by atoms with E-state index in [0.717, 1.165) is 30.8 Å². The van der Waals surface area contributed by atoms with Crippen LogP contribution < -0.4 is 10.9 Å². The molecule has 0 aliphatic carbocycles. The van der Waals surface area contributed by atoms with Crippen LogP contribution in [0.25, 0.3) is 0 Å². The van der Waals surface area contributed by atoms with Crippen LogP contribution in [0.3, 0.4) is 0 Å². The third kappa shape index (κ3) is 3.06. The number of aryl methyl sites for hydroxylation is 2. The highest BCUT2D eigenvalue weighted by Crippen LogP contribution is 2.17. The van der Waals surface area contributed by atoms with Gasteiger partial charge >= 0.3 is 0 Å². The molecule has 2 N–H and O–H groups in total. The number of nitrogens with one attached hydrogen (secondary N) is 1. The number of hydrogen-bond acceptors (Lipinski definition) is 4. The molecular formula is C12H19N3O2. The number of aliphatic hydroxyl groups is 1. The predicted octanol–water partition coefficient (Wildman–Crippen LogP) is 0.762. The Balaban J connectivity index is 2.20. The topological polar surface area (TPSA) is 67.1 Å². The summed E-state index contributed by atoms with van der Waals surface area (Å²) in [7, 11) is 0. The van der Waals surface area contributed by atoms with Gasteiger partial charge in [0.05, 0.1) is 17.0 Å². The zero-order valence-corrected chi connectivity index (χ0v) is 10.4. The first kappa shape index (κ1) is 12.1. The molecule has 0 saturated heterocycles. The first-order valence-electron chi connectivity index (χ1n) is 6.03. The van der Waals surface area contributed by atoms with Crippen LogP contribution in [0.5, 0.6) is 0 Å². The molecule has 0 aromatic carbocycles. The van der Waals surface area contributed by atoms with E-state index in [9.17, 15) is 9.90 Å². The van der Waals surface area contributed by atoms with Crippen molar-refractivity contribution in [2.75, 3.05) is 11.9 Å². The van der Waals surface area contributed by atoms with E-state index in [-0.39, 0.29) is 5.56 Å². The van der Waals surface area contributed by atoms with Gasteiger partial charge in [-0.15, -0.1) is 0 Å². The van der Waals surface area contributed by atoms with Crippen LogP contribution in [0.4, 0.5) is 5.69 Å². The lowest BCUT2D eigenvalue weighted by Crippen LogP contribution is -2.30. The molecule has 0 spiro atoms. The third-order valence-corrected chi connectivity index (χ3v) is 2.92. The maximum absolute atomic E-state index is 11.8. The lowest BCUT2D eigenvalue weighted by atomic mass is 10.1. The van der Waals surface area contributed by atoms with Crippen molar-refractivity contribution in [2.24, 2.45) is 0 Å². The number of aromatic nitrogens is 2. The number of hydrogen-bond donors (Lipinski definition) is 2. The quantitative estimate of drug-likeness (QED) is 0.814. The van der Waals surface area contributed by atoms with Crippen molar-refractivity contribution in [3.8, 4) is 0 Å². The number of nitrogens with zero attached hydrogens (tertiary/aromatic N) is 2. The predicted molar refractivity (Wildman–Crippen MR) is 66.2 cm³/mol. The first-order valence-corrected chi connectivity index (χ1v) is 6.03. The lowest BCUT2D eigenvalue weighted by Gasteiger charge is -2.20. The van der Waals surface area contributed by atoms with E-state index in [1.807, 2.05) is 0 Å². The summed E-state index contributed by atoms with van der Waals surface area (Å²) in [6, 6.07) is 1.60. The van der Waals surface area contributed by atoms with Crippen molar-refractivity contribution in [2.45, 2.75) is 45.3 Å². The number of rotatable bonds is 3. The summed E-state index contributed by atoms with van der Waals surface area (Å²) in [5.74, 6) is 0. The van der Waals surface area contributed by atoms with Gasteiger partial charge in [-0.25, -0.2) is 4.68 Å². The summed E-state index contributed by atoms with van der Waals surface area (Å²) in [5.41, 5.74) is 0.935. The van der Waals surface area contributed by atoms with Crippen LogP contribution >= 0.6 is 0 Å². The highest BCUT2D eigenvalue weighted by molar-refractivity contribution is 5.48. The minimum absolute atomic E-state index is 0.109. The van der Waals surface area contributed by atoms with Crippen LogP contribution in [-0.4, -0.2) is 27.0 Å². The van der Waals surface area contributed by atoms with Crippen LogP contribution in [0, 0.1) is 0 Å². The summed E-state index contributed by atoms with van der Waals surface area (Å²) in [6.07, 6.45) is 2.47. The maximum Gasteiger partial charge on any atom is 0.268 e. The van der Waals surface area contributed by atoms with Crippen LogP contribution in [0.15, 0.2) is 10.9 Å². The van der Waals surface area contributed by atoms with Crippen molar-refractivity contribution in [3.63, 3.8) is 0 Å². The Morgan fingerprint density at radius 3 is 3.06 bits per heavy atom. The van der Waals surface area contributed by atoms with Gasteiger partial charge in [-0.2, -0.15) is 5.10 Å². The molecule has 17 heavy (non-hydrogen) atoms. The molecule has 2 heterocycles. The van der Waals surface area contributed by atoms with Gasteiger partial charge in [0.2, 0.25) is 0 Å². The Labute approximate surface area is 100 Å². The zero-order chi connectivity index (χ0) is 12.5. The van der Waals surface area contributed by atoms with E-state index >= 15 is 0 Å². The Bertz CT molecular complexity index is 460. The summed E-state index contributed by atoms with van der Waals surface area (Å²) in [4.78, 5) is 11.8. The molecule has 0 saturated carbocycles. The van der Waals surface area contributed by atoms with Crippen molar-refractivity contribution >= 4 is 5.69 Å². The van der Waals surface area contributed by atoms with Gasteiger partial charge in [0.1, 0.15) is 0 Å². The standard InChI is InChI=1S/C12H19N3O2/c1-12(2,17)5-7-15-11(16)8-10-9(14-15)4-3-6-13-10/h8,13,17H,3-7H2,1-2H3. The molecule has 5 heteroatoms. The Morgan fingerprint density at radius 1 is 1.59 bits per heavy atom. The summed E-state index contributed by atoms with van der Waals surface area (Å²) >= 11 is 0. The highest BCUT2D eigenvalue weighted by Gasteiger charge is 2.16. The SMILES string of the molecule is CC(C)(O)CCn1nc2c(cc1=O)NCCC2. The molecule has 1 aliphatic rings. The molecule has 0 bridgehead atoms. The van der Waals surface area contributed by atoms with Gasteiger partial charge in [0.25, 0.3) is 5.56 Å². The molecule has 5 nitrogen and oxygen atoms in total. The third-order valence-electron chi connectivity index (χ3n) is 2.92. The summed E-state index contributed by atoms with van der Waals surface area (Å²) < 4.78 is 1.45. The van der Waals surface area contributed by atoms with Gasteiger partial charge in [-0.1, -0.05) is 0 Å². The Hall–Kier alpha value is -1.36. The minimum atomic E-state index is -0.769. The van der Waals surface area contributed by atoms with Crippen LogP contribution in [0.2, 0.25) is 0 Å². The minimum Gasteiger partial charge on any atom is -0.390 e. The molecule has 0 fully saturated rings. The van der Waals surface area contributed by atoms with E-state index in [1.165, 1.54) is 4.68 Å². The number of fused-ring (bicyclic) bond motifs is 1. The zero-order valence-electron chi connectivity index (χ0n) is 10.4. The van der Waals surface area contributed by atoms with Gasteiger partial charge < -0.3 is 10.4 Å². The van der Waals surface area contributed by atoms with Crippen LogP contribution in [-0.2, 0) is 13.0 Å². The molecule has 94 valence electrons. The average Bonchev–Trinajstić information content (AvgIpc) is 2.25. The largest absolute Gasteiger partial charge is 0.390 e. The van der Waals surface area contributed by atoms with E-state index < -0.39 is 5.60 Å². The maximum atomic E-state index is 11.8. The van der Waals surface area contributed by atoms with E-state index in [2.05, 4.69) is 10.4 Å². The fraction of sp³-hybridized carbons (Fsp3) is 0.667. The molecule has 0 amide bonds. The monoisotopic (exact) mass is 237 g/mol. The van der Waals surface area contributed by atoms with Crippen LogP contribution in [0.1, 0.15) is 32.4 Å². The Kier molecular flexibility index (Phi) is 3.19. The lowest BCUT2D eigenvalue weighted by molar-refractivity contribution is 0.0645. The van der Waals surface area contributed by atoms with Gasteiger partial charge in [-0.05, 0) is 33.1 Å². The van der Waals surface area contributed by atoms with E-state index in [4.69, 9.17) is 0 Å². The van der Waals surface area contributed by atoms with E-state index in [1.54, 1.807) is 19.9 Å². The molecule has 2 rings (SSSR count). The van der Waals surface area contributed by atoms with Crippen molar-refractivity contribution in [3.05, 3.63) is 22.1 Å². The number of anilines is 1. The molecule has 1 aliphatic heterocycles. The first-order chi connectivity index (χ1) is 7.96. The molecule has 1 aromatic heterocycles. The fourth-order valence-corrected chi connectivity index (χ4v) is 1.89. The normalized spacial score (nSPS) is 15.2. The second-order valence-electron chi connectivity index (χ2n) is 5.16. The second kappa shape index (κ2) is 4.49. The molecule has 0 radical (unpaired) electrons. The summed E-state index contributed by atoms with van der Waals surface area (Å²) in [5, 5.41) is 17.2. The fourth-order valence-electron chi connectivity index (χ4n) is 1.89. The van der Waals surface area contributed by atoms with Crippen molar-refractivity contribution in [1.82, 2.24) is 9.78 Å². The van der Waals surface area contributed by atoms with Gasteiger partial charge in [0.15, 0.2) is 0 Å². The Morgan fingerprint density at radius 2 is 2.35 bits per heavy atom. The van der Waals surface area contributed by atoms with Gasteiger partial charge in [0, 0.05) is 19.2 Å². The molecular weight excluding hydrogens is 218 g/mol. The van der Waals surface area contributed by atoms with Gasteiger partial charge in [-0.3, -0.25) is 4.79 Å².